The summed E-state index contributed by atoms with van der Waals surface area (Å²) >= 11 is 1.80. The Morgan fingerprint density at radius 1 is 0.800 bits per heavy atom. The molecule has 0 aromatic carbocycles. The Hall–Kier alpha value is -0.880. The van der Waals surface area contributed by atoms with E-state index in [0.717, 1.165) is 54.3 Å². The third-order valence-corrected chi connectivity index (χ3v) is 7.23. The molecule has 0 spiro atoms. The van der Waals surface area contributed by atoms with Crippen molar-refractivity contribution in [3.05, 3.63) is 0 Å². The van der Waals surface area contributed by atoms with Crippen LogP contribution in [0.3, 0.4) is 0 Å². The van der Waals surface area contributed by atoms with Crippen molar-refractivity contribution in [2.45, 2.75) is 58.4 Å². The van der Waals surface area contributed by atoms with Crippen molar-refractivity contribution >= 4 is 21.6 Å². The normalized spacial score (nSPS) is 30.0. The fraction of sp³-hybridized carbons (Fsp3) is 0.895. The second-order valence-corrected chi connectivity index (χ2v) is 9.47. The van der Waals surface area contributed by atoms with Crippen molar-refractivity contribution in [2.75, 3.05) is 49.1 Å². The van der Waals surface area contributed by atoms with E-state index in [9.17, 15) is 0 Å². The molecule has 0 N–H and O–H groups in total. The largest absolute Gasteiger partial charge is 0.346 e. The first kappa shape index (κ1) is 17.5. The molecule has 5 nitrogen and oxygen atoms in total. The Labute approximate surface area is 156 Å². The van der Waals surface area contributed by atoms with Crippen LogP contribution in [0.4, 0.5) is 10.3 Å². The fourth-order valence-electron chi connectivity index (χ4n) is 4.99. The van der Waals surface area contributed by atoms with E-state index in [1.165, 1.54) is 51.6 Å². The molecule has 3 aliphatic rings. The predicted molar refractivity (Wildman–Crippen MR) is 106 cm³/mol. The van der Waals surface area contributed by atoms with Gasteiger partial charge >= 0.3 is 0 Å². The first-order valence-corrected chi connectivity index (χ1v) is 11.1. The maximum absolute atomic E-state index is 4.54. The highest BCUT2D eigenvalue weighted by Gasteiger charge is 2.28. The lowest BCUT2D eigenvalue weighted by molar-refractivity contribution is 0.141. The van der Waals surface area contributed by atoms with Gasteiger partial charge < -0.3 is 14.7 Å². The van der Waals surface area contributed by atoms with E-state index in [-0.39, 0.29) is 0 Å². The number of anilines is 2. The third-order valence-electron chi connectivity index (χ3n) is 6.19. The topological polar surface area (TPSA) is 35.5 Å². The quantitative estimate of drug-likeness (QED) is 0.822. The molecule has 0 bridgehead atoms. The van der Waals surface area contributed by atoms with Gasteiger partial charge in [0, 0.05) is 32.2 Å². The number of piperidine rings is 3. The summed E-state index contributed by atoms with van der Waals surface area (Å²) in [5.74, 6) is 1.52. The second kappa shape index (κ2) is 7.78. The Kier molecular flexibility index (Phi) is 5.46. The zero-order valence-corrected chi connectivity index (χ0v) is 16.7. The average Bonchev–Trinajstić information content (AvgIpc) is 3.12. The van der Waals surface area contributed by atoms with Crippen LogP contribution in [0.5, 0.6) is 0 Å². The van der Waals surface area contributed by atoms with E-state index in [4.69, 9.17) is 0 Å². The van der Waals surface area contributed by atoms with Gasteiger partial charge in [-0.15, -0.1) is 10.2 Å². The van der Waals surface area contributed by atoms with Gasteiger partial charge in [-0.05, 0) is 57.0 Å². The van der Waals surface area contributed by atoms with Gasteiger partial charge in [0.1, 0.15) is 0 Å². The molecule has 3 fully saturated rings. The van der Waals surface area contributed by atoms with Gasteiger partial charge in [-0.3, -0.25) is 0 Å². The maximum atomic E-state index is 4.54. The Bertz CT molecular complexity index is 538. The molecule has 0 saturated carbocycles. The van der Waals surface area contributed by atoms with Gasteiger partial charge in [0.2, 0.25) is 10.3 Å². The number of hydrogen-bond donors (Lipinski definition) is 0. The third kappa shape index (κ3) is 4.11. The van der Waals surface area contributed by atoms with Crippen LogP contribution < -0.4 is 9.80 Å². The molecule has 0 radical (unpaired) electrons. The fourth-order valence-corrected chi connectivity index (χ4v) is 5.90. The molecule has 2 unspecified atom stereocenters. The monoisotopic (exact) mass is 363 g/mol. The summed E-state index contributed by atoms with van der Waals surface area (Å²) in [5, 5.41) is 11.3. The van der Waals surface area contributed by atoms with Crippen molar-refractivity contribution in [2.24, 2.45) is 11.8 Å². The van der Waals surface area contributed by atoms with Crippen LogP contribution in [0.15, 0.2) is 0 Å². The van der Waals surface area contributed by atoms with Crippen LogP contribution in [0.25, 0.3) is 0 Å². The van der Waals surface area contributed by atoms with Gasteiger partial charge in [-0.25, -0.2) is 0 Å². The molecule has 1 aromatic heterocycles. The van der Waals surface area contributed by atoms with E-state index in [1.807, 2.05) is 0 Å². The molecule has 0 aliphatic carbocycles. The maximum Gasteiger partial charge on any atom is 0.210 e. The zero-order chi connectivity index (χ0) is 17.2. The molecule has 4 heterocycles. The molecule has 3 aliphatic heterocycles. The minimum Gasteiger partial charge on any atom is -0.346 e. The van der Waals surface area contributed by atoms with Gasteiger partial charge in [0.05, 0.1) is 0 Å². The number of hydrogen-bond acceptors (Lipinski definition) is 6. The molecule has 1 aromatic rings. The molecule has 140 valence electrons. The Balaban J connectivity index is 1.33. The molecular formula is C19H33N5S. The summed E-state index contributed by atoms with van der Waals surface area (Å²) in [6.07, 6.45) is 8.13. The molecule has 3 saturated heterocycles. The van der Waals surface area contributed by atoms with E-state index in [1.54, 1.807) is 11.3 Å². The highest BCUT2D eigenvalue weighted by Crippen LogP contribution is 2.33. The van der Waals surface area contributed by atoms with Crippen LogP contribution >= 0.6 is 11.3 Å². The SMILES string of the molecule is CC1CC(C)CN(c2nnc(N3CCC(N4CCCCC4)CC3)s2)C1. The van der Waals surface area contributed by atoms with E-state index in [2.05, 4.69) is 38.7 Å². The Morgan fingerprint density at radius 2 is 1.40 bits per heavy atom. The number of likely N-dealkylation sites (tertiary alicyclic amines) is 1. The second-order valence-electron chi connectivity index (χ2n) is 8.53. The smallest absolute Gasteiger partial charge is 0.210 e. The minimum absolute atomic E-state index is 0.761. The standard InChI is InChI=1S/C19H33N5S/c1-15-12-16(2)14-24(13-15)19-21-20-18(25-19)23-10-6-17(7-11-23)22-8-4-3-5-9-22/h15-17H,3-14H2,1-2H3. The number of aromatic nitrogens is 2. The van der Waals surface area contributed by atoms with E-state index in [0.29, 0.717) is 0 Å². The van der Waals surface area contributed by atoms with Crippen LogP contribution in [0.2, 0.25) is 0 Å². The van der Waals surface area contributed by atoms with Crippen molar-refractivity contribution in [3.8, 4) is 0 Å². The van der Waals surface area contributed by atoms with Gasteiger partial charge in [0.25, 0.3) is 0 Å². The number of nitrogens with zero attached hydrogens (tertiary/aromatic N) is 5. The lowest BCUT2D eigenvalue weighted by atomic mass is 9.92. The molecule has 4 rings (SSSR count). The Morgan fingerprint density at radius 3 is 2.04 bits per heavy atom. The first-order valence-electron chi connectivity index (χ1n) is 10.3. The molecule has 2 atom stereocenters. The van der Waals surface area contributed by atoms with Crippen molar-refractivity contribution in [1.82, 2.24) is 15.1 Å². The van der Waals surface area contributed by atoms with E-state index < -0.39 is 0 Å². The summed E-state index contributed by atoms with van der Waals surface area (Å²) in [6, 6.07) is 0.799. The van der Waals surface area contributed by atoms with Crippen molar-refractivity contribution < 1.29 is 0 Å². The van der Waals surface area contributed by atoms with Crippen LogP contribution in [0, 0.1) is 11.8 Å². The first-order chi connectivity index (χ1) is 12.2. The molecule has 0 amide bonds. The highest BCUT2D eigenvalue weighted by atomic mass is 32.1. The summed E-state index contributed by atoms with van der Waals surface area (Å²) in [6.45, 7) is 11.9. The lowest BCUT2D eigenvalue weighted by Gasteiger charge is -2.40. The molecule has 6 heteroatoms. The summed E-state index contributed by atoms with van der Waals surface area (Å²) in [7, 11) is 0. The lowest BCUT2D eigenvalue weighted by Crippen LogP contribution is -2.46. The molecular weight excluding hydrogens is 330 g/mol. The van der Waals surface area contributed by atoms with Crippen LogP contribution in [0.1, 0.15) is 52.4 Å². The van der Waals surface area contributed by atoms with Gasteiger partial charge in [-0.2, -0.15) is 0 Å². The van der Waals surface area contributed by atoms with Gasteiger partial charge in [0.15, 0.2) is 0 Å². The summed E-state index contributed by atoms with van der Waals surface area (Å²) in [4.78, 5) is 7.67. The number of rotatable bonds is 3. The van der Waals surface area contributed by atoms with Gasteiger partial charge in [-0.1, -0.05) is 31.6 Å². The van der Waals surface area contributed by atoms with Crippen molar-refractivity contribution in [1.29, 1.82) is 0 Å². The van der Waals surface area contributed by atoms with Crippen molar-refractivity contribution in [3.63, 3.8) is 0 Å². The minimum atomic E-state index is 0.761. The highest BCUT2D eigenvalue weighted by molar-refractivity contribution is 7.19. The molecule has 25 heavy (non-hydrogen) atoms. The van der Waals surface area contributed by atoms with Crippen LogP contribution in [-0.4, -0.2) is 60.4 Å². The zero-order valence-electron chi connectivity index (χ0n) is 15.9. The summed E-state index contributed by atoms with van der Waals surface area (Å²) in [5.41, 5.74) is 0. The average molecular weight is 364 g/mol. The van der Waals surface area contributed by atoms with E-state index >= 15 is 0 Å². The summed E-state index contributed by atoms with van der Waals surface area (Å²) < 4.78 is 0. The predicted octanol–water partition coefficient (Wildman–Crippen LogP) is 3.48. The van der Waals surface area contributed by atoms with Crippen LogP contribution in [-0.2, 0) is 0 Å².